The predicted octanol–water partition coefficient (Wildman–Crippen LogP) is 8.88. The molecular formula is C45H71FN2O4S. The lowest BCUT2D eigenvalue weighted by Crippen LogP contribution is -2.68. The third-order valence-electron chi connectivity index (χ3n) is 17.8. The summed E-state index contributed by atoms with van der Waals surface area (Å²) in [6.07, 6.45) is 17.7. The second kappa shape index (κ2) is 13.9. The quantitative estimate of drug-likeness (QED) is 0.187. The third-order valence-corrected chi connectivity index (χ3v) is 19.7. The van der Waals surface area contributed by atoms with E-state index in [4.69, 9.17) is 4.74 Å². The van der Waals surface area contributed by atoms with Crippen molar-refractivity contribution in [2.24, 2.45) is 57.2 Å². The number of alkyl halides is 1. The number of rotatable bonds is 9. The summed E-state index contributed by atoms with van der Waals surface area (Å²) in [5.41, 5.74) is 4.09. The number of nitrogens with one attached hydrogen (secondary N) is 1. The molecule has 1 heterocycles. The van der Waals surface area contributed by atoms with Gasteiger partial charge in [-0.2, -0.15) is 0 Å². The number of hydrogen-bond donors (Lipinski definition) is 1. The van der Waals surface area contributed by atoms with Gasteiger partial charge in [-0.25, -0.2) is 12.8 Å². The van der Waals surface area contributed by atoms with Crippen molar-refractivity contribution < 1.29 is 22.3 Å². The van der Waals surface area contributed by atoms with Gasteiger partial charge in [0.1, 0.15) is 12.3 Å². The van der Waals surface area contributed by atoms with E-state index in [0.29, 0.717) is 61.2 Å². The number of nitrogens with zero attached hydrogens (tertiary/aromatic N) is 1. The Morgan fingerprint density at radius 3 is 2.45 bits per heavy atom. The normalized spacial score (nSPS) is 46.3. The second-order valence-electron chi connectivity index (χ2n) is 20.8. The van der Waals surface area contributed by atoms with Crippen LogP contribution in [0, 0.1) is 57.2 Å². The predicted molar refractivity (Wildman–Crippen MR) is 213 cm³/mol. The summed E-state index contributed by atoms with van der Waals surface area (Å²) in [4.78, 5) is 13.6. The molecule has 0 radical (unpaired) electrons. The number of hydrogen-bond acceptors (Lipinski definition) is 6. The molecular weight excluding hydrogens is 684 g/mol. The van der Waals surface area contributed by atoms with Crippen LogP contribution in [-0.4, -0.2) is 75.3 Å². The van der Waals surface area contributed by atoms with E-state index >= 15 is 0 Å². The Morgan fingerprint density at radius 2 is 1.77 bits per heavy atom. The monoisotopic (exact) mass is 755 g/mol. The molecule has 53 heavy (non-hydrogen) atoms. The standard InChI is InChI=1S/C45H71FN2O4S/c1-31(2)34-13-20-45(47-23-24-48-25-26-53(50,51)28-32(3)27-48)22-21-42(7)36(39(34)45)9-10-38-41(6)16-14-35(40(4,5)37(41)15-17-43(38,42)8)33-11-18-44(29-46,19-12-33)52-30-49/h11,14,30,32,34,36-39,47H,1,9-10,12-13,15-29H2,2-8H3/t32?,34-,36+,37-,38+,39+,41-,42+,43+,44+,45-/m0/s1. The molecule has 0 aromatic carbocycles. The molecule has 1 N–H and O–H groups in total. The van der Waals surface area contributed by atoms with E-state index in [1.54, 1.807) is 0 Å². The lowest BCUT2D eigenvalue weighted by Gasteiger charge is -2.72. The SMILES string of the molecule is C=C(C)[C@@H]1CC[C@]2(NCCN3CCS(=O)(=O)CC(C)C3)CC[C@]3(C)[C@H](CC[C@@H]4[C@@]5(C)CC=C(C6=CC[C@@](CF)(OC=O)CC6)C(C)(C)[C@@H]5CC[C@]43C)[C@@H]12. The van der Waals surface area contributed by atoms with Gasteiger partial charge in [-0.15, -0.1) is 0 Å². The fourth-order valence-corrected chi connectivity index (χ4v) is 16.8. The van der Waals surface area contributed by atoms with Crippen LogP contribution in [-0.2, 0) is 19.4 Å². The van der Waals surface area contributed by atoms with Gasteiger partial charge < -0.3 is 15.0 Å². The minimum atomic E-state index is -2.95. The van der Waals surface area contributed by atoms with Gasteiger partial charge in [0.2, 0.25) is 0 Å². The summed E-state index contributed by atoms with van der Waals surface area (Å²) in [5.74, 6) is 3.85. The molecule has 7 rings (SSSR count). The van der Waals surface area contributed by atoms with Crippen LogP contribution in [0.3, 0.4) is 0 Å². The molecule has 11 atom stereocenters. The van der Waals surface area contributed by atoms with E-state index < -0.39 is 22.1 Å². The van der Waals surface area contributed by atoms with E-state index in [1.807, 2.05) is 0 Å². The van der Waals surface area contributed by atoms with Crippen LogP contribution < -0.4 is 5.32 Å². The molecule has 1 saturated heterocycles. The van der Waals surface area contributed by atoms with Crippen molar-refractivity contribution in [3.63, 3.8) is 0 Å². The molecule has 7 aliphatic rings. The molecule has 6 aliphatic carbocycles. The van der Waals surface area contributed by atoms with Gasteiger partial charge >= 0.3 is 0 Å². The third kappa shape index (κ3) is 6.37. The van der Waals surface area contributed by atoms with Crippen molar-refractivity contribution >= 4 is 16.3 Å². The van der Waals surface area contributed by atoms with Crippen LogP contribution in [0.15, 0.2) is 35.5 Å². The van der Waals surface area contributed by atoms with Crippen molar-refractivity contribution in [3.8, 4) is 0 Å². The summed E-state index contributed by atoms with van der Waals surface area (Å²) in [6, 6.07) is 0. The largest absolute Gasteiger partial charge is 0.458 e. The summed E-state index contributed by atoms with van der Waals surface area (Å²) in [7, 11) is -2.95. The molecule has 1 aliphatic heterocycles. The first-order valence-corrected chi connectivity index (χ1v) is 23.1. The lowest BCUT2D eigenvalue weighted by atomic mass is 9.33. The van der Waals surface area contributed by atoms with Gasteiger partial charge in [-0.1, -0.05) is 65.8 Å². The Morgan fingerprint density at radius 1 is 1.00 bits per heavy atom. The van der Waals surface area contributed by atoms with Crippen molar-refractivity contribution in [3.05, 3.63) is 35.5 Å². The van der Waals surface area contributed by atoms with Crippen LogP contribution in [0.4, 0.5) is 4.39 Å². The maximum absolute atomic E-state index is 14.0. The Kier molecular flexibility index (Phi) is 10.4. The number of carbonyl (C=O) groups excluding carboxylic acids is 1. The first-order chi connectivity index (χ1) is 24.9. The molecule has 298 valence electrons. The first-order valence-electron chi connectivity index (χ1n) is 21.3. The van der Waals surface area contributed by atoms with Crippen molar-refractivity contribution in [2.75, 3.05) is 44.4 Å². The van der Waals surface area contributed by atoms with E-state index in [9.17, 15) is 17.6 Å². The summed E-state index contributed by atoms with van der Waals surface area (Å²) in [5, 5.41) is 4.24. The fraction of sp³-hybridized carbons (Fsp3) is 0.844. The Hall–Kier alpha value is -1.51. The van der Waals surface area contributed by atoms with Gasteiger partial charge in [-0.3, -0.25) is 4.79 Å². The highest BCUT2D eigenvalue weighted by Gasteiger charge is 2.70. The topological polar surface area (TPSA) is 75.7 Å². The summed E-state index contributed by atoms with van der Waals surface area (Å²) >= 11 is 0. The Balaban J connectivity index is 1.12. The maximum atomic E-state index is 14.0. The van der Waals surface area contributed by atoms with Crippen LogP contribution in [0.5, 0.6) is 0 Å². The number of halogens is 1. The maximum Gasteiger partial charge on any atom is 0.293 e. The highest BCUT2D eigenvalue weighted by atomic mass is 32.2. The molecule has 4 saturated carbocycles. The van der Waals surface area contributed by atoms with Crippen molar-refractivity contribution in [1.82, 2.24) is 10.2 Å². The zero-order valence-corrected chi connectivity index (χ0v) is 35.0. The van der Waals surface area contributed by atoms with Crippen LogP contribution in [0.25, 0.3) is 0 Å². The van der Waals surface area contributed by atoms with Gasteiger partial charge in [-0.05, 0) is 146 Å². The Labute approximate surface area is 321 Å². The van der Waals surface area contributed by atoms with E-state index in [2.05, 4.69) is 77.4 Å². The van der Waals surface area contributed by atoms with Crippen LogP contribution in [0.1, 0.15) is 126 Å². The number of ether oxygens (including phenoxy) is 1. The Bertz CT molecular complexity index is 1620. The van der Waals surface area contributed by atoms with Gasteiger partial charge in [0.15, 0.2) is 9.84 Å². The minimum Gasteiger partial charge on any atom is -0.458 e. The molecule has 8 heteroatoms. The fourth-order valence-electron chi connectivity index (χ4n) is 15.1. The van der Waals surface area contributed by atoms with E-state index in [1.165, 1.54) is 68.1 Å². The smallest absolute Gasteiger partial charge is 0.293 e. The molecule has 0 bridgehead atoms. The summed E-state index contributed by atoms with van der Waals surface area (Å²) in [6.45, 7) is 25.2. The number of allylic oxidation sites excluding steroid dienone is 4. The molecule has 0 aromatic heterocycles. The molecule has 0 aromatic rings. The van der Waals surface area contributed by atoms with E-state index in [-0.39, 0.29) is 38.9 Å². The van der Waals surface area contributed by atoms with Gasteiger partial charge in [0, 0.05) is 38.1 Å². The average Bonchev–Trinajstić information content (AvgIpc) is 3.41. The zero-order valence-electron chi connectivity index (χ0n) is 34.2. The summed E-state index contributed by atoms with van der Waals surface area (Å²) < 4.78 is 44.3. The average molecular weight is 755 g/mol. The molecule has 0 amide bonds. The zero-order chi connectivity index (χ0) is 38.2. The van der Waals surface area contributed by atoms with Gasteiger partial charge in [0.25, 0.3) is 6.47 Å². The number of sulfone groups is 1. The van der Waals surface area contributed by atoms with Crippen LogP contribution in [0.2, 0.25) is 0 Å². The van der Waals surface area contributed by atoms with Crippen molar-refractivity contribution in [1.29, 1.82) is 0 Å². The molecule has 0 spiro atoms. The number of carbonyl (C=O) groups is 1. The van der Waals surface area contributed by atoms with E-state index in [0.717, 1.165) is 32.5 Å². The second-order valence-corrected chi connectivity index (χ2v) is 23.0. The van der Waals surface area contributed by atoms with Gasteiger partial charge in [0.05, 0.1) is 11.5 Å². The number of fused-ring (bicyclic) bond motifs is 7. The highest BCUT2D eigenvalue weighted by Crippen LogP contribution is 2.76. The molecule has 1 unspecified atom stereocenters. The molecule has 6 nitrogen and oxygen atoms in total. The highest BCUT2D eigenvalue weighted by molar-refractivity contribution is 7.91. The molecule has 5 fully saturated rings. The van der Waals surface area contributed by atoms with Crippen molar-refractivity contribution in [2.45, 2.75) is 137 Å². The first kappa shape index (κ1) is 39.7. The lowest BCUT2D eigenvalue weighted by molar-refractivity contribution is -0.221. The minimum absolute atomic E-state index is 0.0244. The van der Waals surface area contributed by atoms with Crippen LogP contribution >= 0.6 is 0 Å².